The highest BCUT2D eigenvalue weighted by Crippen LogP contribution is 2.27. The molecule has 0 bridgehead atoms. The molecule has 2 aromatic carbocycles. The lowest BCUT2D eigenvalue weighted by Gasteiger charge is -2.23. The first-order valence-electron chi connectivity index (χ1n) is 8.99. The number of nitrogens with one attached hydrogen (secondary N) is 2. The number of anilines is 1. The SMILES string of the molecule is O=C(Nc1cc(Cl)ccc1Cl)[C@@H]1CCCN1Cc1nc2ccccc2c(=O)[nH]1. The number of amides is 1. The summed E-state index contributed by atoms with van der Waals surface area (Å²) >= 11 is 12.1. The molecule has 4 rings (SSSR count). The van der Waals surface area contributed by atoms with Gasteiger partial charge in [-0.15, -0.1) is 0 Å². The predicted molar refractivity (Wildman–Crippen MR) is 111 cm³/mol. The second-order valence-corrected chi connectivity index (χ2v) is 7.62. The number of likely N-dealkylation sites (tertiary alicyclic amines) is 1. The minimum atomic E-state index is -0.327. The van der Waals surface area contributed by atoms with Crippen molar-refractivity contribution in [2.75, 3.05) is 11.9 Å². The first kappa shape index (κ1) is 18.9. The molecule has 0 saturated carbocycles. The number of carbonyl (C=O) groups is 1. The molecular formula is C20H18Cl2N4O2. The van der Waals surface area contributed by atoms with Crippen LogP contribution < -0.4 is 10.9 Å². The smallest absolute Gasteiger partial charge is 0.258 e. The van der Waals surface area contributed by atoms with Gasteiger partial charge in [-0.3, -0.25) is 14.5 Å². The zero-order valence-corrected chi connectivity index (χ0v) is 16.4. The molecule has 0 spiro atoms. The number of rotatable bonds is 4. The van der Waals surface area contributed by atoms with Crippen LogP contribution in [0, 0.1) is 0 Å². The molecule has 0 aliphatic carbocycles. The molecule has 1 aromatic heterocycles. The Labute approximate surface area is 171 Å². The highest BCUT2D eigenvalue weighted by molar-refractivity contribution is 6.35. The molecule has 2 heterocycles. The van der Waals surface area contributed by atoms with Crippen molar-refractivity contribution < 1.29 is 4.79 Å². The van der Waals surface area contributed by atoms with E-state index in [9.17, 15) is 9.59 Å². The van der Waals surface area contributed by atoms with Crippen LogP contribution >= 0.6 is 23.2 Å². The maximum atomic E-state index is 12.8. The molecule has 1 aliphatic heterocycles. The van der Waals surface area contributed by atoms with E-state index in [1.54, 1.807) is 30.3 Å². The van der Waals surface area contributed by atoms with Crippen molar-refractivity contribution in [3.63, 3.8) is 0 Å². The van der Waals surface area contributed by atoms with Crippen molar-refractivity contribution in [3.05, 3.63) is 68.7 Å². The Bertz CT molecular complexity index is 1100. The van der Waals surface area contributed by atoms with Gasteiger partial charge in [0, 0.05) is 5.02 Å². The van der Waals surface area contributed by atoms with Crippen molar-refractivity contribution in [3.8, 4) is 0 Å². The van der Waals surface area contributed by atoms with E-state index in [1.165, 1.54) is 0 Å². The summed E-state index contributed by atoms with van der Waals surface area (Å²) in [5.41, 5.74) is 0.960. The predicted octanol–water partition coefficient (Wildman–Crippen LogP) is 3.83. The number of hydrogen-bond acceptors (Lipinski definition) is 4. The Morgan fingerprint density at radius 3 is 2.93 bits per heavy atom. The zero-order valence-electron chi connectivity index (χ0n) is 14.9. The standard InChI is InChI=1S/C20H18Cl2N4O2/c21-12-7-8-14(22)16(10-12)24-20(28)17-6-3-9-26(17)11-18-23-15-5-2-1-4-13(15)19(27)25-18/h1-2,4-5,7-8,10,17H,3,6,9,11H2,(H,24,28)(H,23,25,27)/t17-/m0/s1. The van der Waals surface area contributed by atoms with Gasteiger partial charge in [-0.1, -0.05) is 35.3 Å². The van der Waals surface area contributed by atoms with Gasteiger partial charge in [0.25, 0.3) is 5.56 Å². The van der Waals surface area contributed by atoms with Gasteiger partial charge in [0.1, 0.15) is 5.82 Å². The van der Waals surface area contributed by atoms with Crippen LogP contribution in [0.3, 0.4) is 0 Å². The Hall–Kier alpha value is -2.41. The zero-order chi connectivity index (χ0) is 19.7. The maximum Gasteiger partial charge on any atom is 0.258 e. The fourth-order valence-corrected chi connectivity index (χ4v) is 3.86. The van der Waals surface area contributed by atoms with Gasteiger partial charge < -0.3 is 10.3 Å². The summed E-state index contributed by atoms with van der Waals surface area (Å²) < 4.78 is 0. The van der Waals surface area contributed by atoms with Crippen LogP contribution in [-0.2, 0) is 11.3 Å². The molecule has 2 N–H and O–H groups in total. The number of carbonyl (C=O) groups excluding carboxylic acids is 1. The number of benzene rings is 2. The van der Waals surface area contributed by atoms with Gasteiger partial charge in [-0.05, 0) is 49.7 Å². The second-order valence-electron chi connectivity index (χ2n) is 6.77. The maximum absolute atomic E-state index is 12.8. The summed E-state index contributed by atoms with van der Waals surface area (Å²) in [5.74, 6) is 0.397. The largest absolute Gasteiger partial charge is 0.323 e. The van der Waals surface area contributed by atoms with Crippen LogP contribution in [0.4, 0.5) is 5.69 Å². The number of nitrogens with zero attached hydrogens (tertiary/aromatic N) is 2. The third kappa shape index (κ3) is 3.90. The molecule has 144 valence electrons. The Balaban J connectivity index is 1.53. The first-order chi connectivity index (χ1) is 13.5. The molecule has 0 unspecified atom stereocenters. The number of para-hydroxylation sites is 1. The molecule has 1 aliphatic rings. The Morgan fingerprint density at radius 1 is 1.25 bits per heavy atom. The molecule has 1 saturated heterocycles. The fourth-order valence-electron chi connectivity index (χ4n) is 3.52. The van der Waals surface area contributed by atoms with Crippen molar-refractivity contribution in [1.82, 2.24) is 14.9 Å². The van der Waals surface area contributed by atoms with Crippen LogP contribution in [0.25, 0.3) is 10.9 Å². The van der Waals surface area contributed by atoms with E-state index in [1.807, 2.05) is 17.0 Å². The Kier molecular flexibility index (Phi) is 5.35. The van der Waals surface area contributed by atoms with E-state index >= 15 is 0 Å². The first-order valence-corrected chi connectivity index (χ1v) is 9.75. The lowest BCUT2D eigenvalue weighted by atomic mass is 10.2. The van der Waals surface area contributed by atoms with Gasteiger partial charge >= 0.3 is 0 Å². The van der Waals surface area contributed by atoms with Gasteiger partial charge in [0.05, 0.1) is 34.2 Å². The number of H-pyrrole nitrogens is 1. The van der Waals surface area contributed by atoms with Crippen LogP contribution in [0.1, 0.15) is 18.7 Å². The fraction of sp³-hybridized carbons (Fsp3) is 0.250. The molecule has 6 nitrogen and oxygen atoms in total. The topological polar surface area (TPSA) is 78.1 Å². The number of aromatic nitrogens is 2. The summed E-state index contributed by atoms with van der Waals surface area (Å²) in [7, 11) is 0. The summed E-state index contributed by atoms with van der Waals surface area (Å²) in [5, 5.41) is 4.35. The van der Waals surface area contributed by atoms with Gasteiger partial charge in [-0.2, -0.15) is 0 Å². The van der Waals surface area contributed by atoms with Crippen molar-refractivity contribution in [2.24, 2.45) is 0 Å². The molecule has 1 atom stereocenters. The average Bonchev–Trinajstić information content (AvgIpc) is 3.13. The van der Waals surface area contributed by atoms with E-state index in [0.717, 1.165) is 19.4 Å². The number of fused-ring (bicyclic) bond motifs is 1. The summed E-state index contributed by atoms with van der Waals surface area (Å²) in [6, 6.07) is 11.8. The molecule has 28 heavy (non-hydrogen) atoms. The number of hydrogen-bond donors (Lipinski definition) is 2. The van der Waals surface area contributed by atoms with E-state index in [0.29, 0.717) is 39.0 Å². The third-order valence-corrected chi connectivity index (χ3v) is 5.43. The summed E-state index contributed by atoms with van der Waals surface area (Å²) in [6.45, 7) is 1.14. The van der Waals surface area contributed by atoms with Gasteiger partial charge in [0.15, 0.2) is 0 Å². The molecule has 8 heteroatoms. The second kappa shape index (κ2) is 7.91. The summed E-state index contributed by atoms with van der Waals surface area (Å²) in [6.07, 6.45) is 1.61. The average molecular weight is 417 g/mol. The lowest BCUT2D eigenvalue weighted by Crippen LogP contribution is -2.39. The highest BCUT2D eigenvalue weighted by atomic mass is 35.5. The lowest BCUT2D eigenvalue weighted by molar-refractivity contribution is -0.120. The monoisotopic (exact) mass is 416 g/mol. The van der Waals surface area contributed by atoms with Crippen molar-refractivity contribution in [2.45, 2.75) is 25.4 Å². The molecule has 3 aromatic rings. The van der Waals surface area contributed by atoms with E-state index in [4.69, 9.17) is 23.2 Å². The molecule has 1 fully saturated rings. The normalized spacial score (nSPS) is 17.1. The van der Waals surface area contributed by atoms with Crippen molar-refractivity contribution in [1.29, 1.82) is 0 Å². The van der Waals surface area contributed by atoms with Crippen LogP contribution in [-0.4, -0.2) is 33.4 Å². The highest BCUT2D eigenvalue weighted by Gasteiger charge is 2.31. The van der Waals surface area contributed by atoms with Crippen LogP contribution in [0.5, 0.6) is 0 Å². The minimum Gasteiger partial charge on any atom is -0.323 e. The Morgan fingerprint density at radius 2 is 2.07 bits per heavy atom. The molecule has 1 amide bonds. The number of aromatic amines is 1. The van der Waals surface area contributed by atoms with E-state index < -0.39 is 0 Å². The van der Waals surface area contributed by atoms with E-state index in [2.05, 4.69) is 15.3 Å². The van der Waals surface area contributed by atoms with Crippen LogP contribution in [0.2, 0.25) is 10.0 Å². The van der Waals surface area contributed by atoms with Gasteiger partial charge in [0.2, 0.25) is 5.91 Å². The van der Waals surface area contributed by atoms with E-state index in [-0.39, 0.29) is 17.5 Å². The van der Waals surface area contributed by atoms with Crippen molar-refractivity contribution >= 4 is 45.7 Å². The number of halogens is 2. The summed E-state index contributed by atoms with van der Waals surface area (Å²) in [4.78, 5) is 34.5. The molecular weight excluding hydrogens is 399 g/mol. The molecule has 0 radical (unpaired) electrons. The van der Waals surface area contributed by atoms with Crippen LogP contribution in [0.15, 0.2) is 47.3 Å². The minimum absolute atomic E-state index is 0.148. The third-order valence-electron chi connectivity index (χ3n) is 4.87. The van der Waals surface area contributed by atoms with Gasteiger partial charge in [-0.25, -0.2) is 4.98 Å². The quantitative estimate of drug-likeness (QED) is 0.677.